The van der Waals surface area contributed by atoms with Crippen LogP contribution >= 0.6 is 0 Å². The lowest BCUT2D eigenvalue weighted by Gasteiger charge is -2.48. The van der Waals surface area contributed by atoms with Crippen molar-refractivity contribution >= 4 is 5.91 Å². The van der Waals surface area contributed by atoms with Gasteiger partial charge in [0.15, 0.2) is 11.5 Å². The third kappa shape index (κ3) is 3.71. The molecule has 0 saturated carbocycles. The molecule has 1 amide bonds. The summed E-state index contributed by atoms with van der Waals surface area (Å²) in [6.07, 6.45) is 4.47. The Morgan fingerprint density at radius 3 is 2.14 bits per heavy atom. The molecule has 2 saturated heterocycles. The number of carbonyl (C=O) groups is 1. The van der Waals surface area contributed by atoms with E-state index < -0.39 is 0 Å². The molecule has 154 valence electrons. The van der Waals surface area contributed by atoms with E-state index in [0.717, 1.165) is 39.0 Å². The molecule has 0 bridgehead atoms. The fraction of sp³-hybridized carbons (Fsp3) is 0.458. The summed E-state index contributed by atoms with van der Waals surface area (Å²) in [4.78, 5) is 17.8. The van der Waals surface area contributed by atoms with Crippen LogP contribution in [0.15, 0.2) is 48.5 Å². The number of ether oxygens (including phenoxy) is 2. The summed E-state index contributed by atoms with van der Waals surface area (Å²) in [5.74, 6) is 1.29. The SMILES string of the molecule is COc1ccc(C(=O)N2CCC(c3ccccc3)(N3CCCC3)CC2)cc1OC. The molecule has 0 aliphatic carbocycles. The standard InChI is InChI=1S/C24H30N2O3/c1-28-21-11-10-19(18-22(21)29-2)23(27)25-16-12-24(13-17-25,26-14-6-7-15-26)20-8-4-3-5-9-20/h3-5,8-11,18H,6-7,12-17H2,1-2H3. The fourth-order valence-electron chi connectivity index (χ4n) is 4.91. The molecule has 0 N–H and O–H groups in total. The quantitative estimate of drug-likeness (QED) is 0.771. The van der Waals surface area contributed by atoms with E-state index in [2.05, 4.69) is 35.2 Å². The maximum atomic E-state index is 13.2. The Hall–Kier alpha value is -2.53. The van der Waals surface area contributed by atoms with Gasteiger partial charge in [-0.15, -0.1) is 0 Å². The van der Waals surface area contributed by atoms with Crippen molar-refractivity contribution < 1.29 is 14.3 Å². The Bertz CT molecular complexity index is 838. The van der Waals surface area contributed by atoms with Gasteiger partial charge in [0.05, 0.1) is 14.2 Å². The van der Waals surface area contributed by atoms with E-state index in [1.807, 2.05) is 11.0 Å². The van der Waals surface area contributed by atoms with Crippen LogP contribution in [0.5, 0.6) is 11.5 Å². The zero-order valence-electron chi connectivity index (χ0n) is 17.4. The summed E-state index contributed by atoms with van der Waals surface area (Å²) in [6, 6.07) is 16.3. The molecule has 4 rings (SSSR count). The van der Waals surface area contributed by atoms with E-state index in [0.29, 0.717) is 17.1 Å². The number of methoxy groups -OCH3 is 2. The largest absolute Gasteiger partial charge is 0.493 e. The lowest BCUT2D eigenvalue weighted by atomic mass is 9.79. The van der Waals surface area contributed by atoms with Crippen molar-refractivity contribution in [1.29, 1.82) is 0 Å². The molecule has 2 aliphatic heterocycles. The highest BCUT2D eigenvalue weighted by Crippen LogP contribution is 2.41. The summed E-state index contributed by atoms with van der Waals surface area (Å²) in [6.45, 7) is 3.83. The maximum Gasteiger partial charge on any atom is 0.253 e. The number of piperidine rings is 1. The normalized spacial score (nSPS) is 19.2. The molecule has 29 heavy (non-hydrogen) atoms. The van der Waals surface area contributed by atoms with Crippen LogP contribution in [0.4, 0.5) is 0 Å². The lowest BCUT2D eigenvalue weighted by Crippen LogP contribution is -2.53. The summed E-state index contributed by atoms with van der Waals surface area (Å²) in [5, 5.41) is 0. The van der Waals surface area contributed by atoms with Crippen LogP contribution in [-0.4, -0.2) is 56.1 Å². The molecule has 0 spiro atoms. The molecule has 0 unspecified atom stereocenters. The van der Waals surface area contributed by atoms with Gasteiger partial charge < -0.3 is 14.4 Å². The van der Waals surface area contributed by atoms with E-state index in [1.54, 1.807) is 26.4 Å². The molecule has 5 heteroatoms. The van der Waals surface area contributed by atoms with Crippen LogP contribution < -0.4 is 9.47 Å². The number of likely N-dealkylation sites (tertiary alicyclic amines) is 2. The molecule has 2 aliphatic rings. The molecule has 2 aromatic rings. The average molecular weight is 395 g/mol. The Morgan fingerprint density at radius 1 is 0.862 bits per heavy atom. The van der Waals surface area contributed by atoms with E-state index in [-0.39, 0.29) is 11.4 Å². The number of amides is 1. The minimum absolute atomic E-state index is 0.0478. The van der Waals surface area contributed by atoms with Gasteiger partial charge >= 0.3 is 0 Å². The summed E-state index contributed by atoms with van der Waals surface area (Å²) >= 11 is 0. The van der Waals surface area contributed by atoms with E-state index >= 15 is 0 Å². The van der Waals surface area contributed by atoms with Crippen molar-refractivity contribution in [3.8, 4) is 11.5 Å². The second-order valence-electron chi connectivity index (χ2n) is 7.95. The van der Waals surface area contributed by atoms with Crippen LogP contribution in [0, 0.1) is 0 Å². The second-order valence-corrected chi connectivity index (χ2v) is 7.95. The van der Waals surface area contributed by atoms with Crippen LogP contribution in [-0.2, 0) is 5.54 Å². The first-order valence-corrected chi connectivity index (χ1v) is 10.5. The lowest BCUT2D eigenvalue weighted by molar-refractivity contribution is 0.0294. The number of nitrogens with zero attached hydrogens (tertiary/aromatic N) is 2. The summed E-state index contributed by atoms with van der Waals surface area (Å²) in [5.41, 5.74) is 2.09. The summed E-state index contributed by atoms with van der Waals surface area (Å²) < 4.78 is 10.7. The summed E-state index contributed by atoms with van der Waals surface area (Å²) in [7, 11) is 3.20. The minimum atomic E-state index is 0.0478. The molecule has 2 aromatic carbocycles. The number of carbonyl (C=O) groups excluding carboxylic acids is 1. The highest BCUT2D eigenvalue weighted by Gasteiger charge is 2.43. The third-order valence-electron chi connectivity index (χ3n) is 6.53. The van der Waals surface area contributed by atoms with Gasteiger partial charge in [0, 0.05) is 24.2 Å². The molecule has 0 atom stereocenters. The first-order valence-electron chi connectivity index (χ1n) is 10.5. The Labute approximate surface area is 173 Å². The van der Waals surface area contributed by atoms with Gasteiger partial charge in [-0.05, 0) is 62.5 Å². The van der Waals surface area contributed by atoms with E-state index in [1.165, 1.54) is 18.4 Å². The molecular weight excluding hydrogens is 364 g/mol. The zero-order chi connectivity index (χ0) is 20.3. The van der Waals surface area contributed by atoms with E-state index in [9.17, 15) is 4.79 Å². The topological polar surface area (TPSA) is 42.0 Å². The zero-order valence-corrected chi connectivity index (χ0v) is 17.4. The van der Waals surface area contributed by atoms with Crippen molar-refractivity contribution in [3.63, 3.8) is 0 Å². The van der Waals surface area contributed by atoms with Gasteiger partial charge in [0.2, 0.25) is 0 Å². The Balaban J connectivity index is 1.53. The third-order valence-corrected chi connectivity index (χ3v) is 6.53. The predicted molar refractivity (Wildman–Crippen MR) is 114 cm³/mol. The first kappa shape index (κ1) is 19.8. The molecule has 2 heterocycles. The number of rotatable bonds is 5. The van der Waals surface area contributed by atoms with Crippen molar-refractivity contribution in [2.75, 3.05) is 40.4 Å². The van der Waals surface area contributed by atoms with Gasteiger partial charge in [-0.2, -0.15) is 0 Å². The highest BCUT2D eigenvalue weighted by atomic mass is 16.5. The highest BCUT2D eigenvalue weighted by molar-refractivity contribution is 5.95. The van der Waals surface area contributed by atoms with Crippen LogP contribution in [0.1, 0.15) is 41.6 Å². The monoisotopic (exact) mass is 394 g/mol. The average Bonchev–Trinajstić information content (AvgIpc) is 3.34. The van der Waals surface area contributed by atoms with Gasteiger partial charge in [-0.1, -0.05) is 30.3 Å². The van der Waals surface area contributed by atoms with Crippen molar-refractivity contribution in [1.82, 2.24) is 9.80 Å². The van der Waals surface area contributed by atoms with Crippen molar-refractivity contribution in [2.45, 2.75) is 31.2 Å². The Morgan fingerprint density at radius 2 is 1.52 bits per heavy atom. The second kappa shape index (κ2) is 8.46. The first-order chi connectivity index (χ1) is 14.2. The molecule has 5 nitrogen and oxygen atoms in total. The van der Waals surface area contributed by atoms with Crippen molar-refractivity contribution in [2.24, 2.45) is 0 Å². The molecule has 0 radical (unpaired) electrons. The smallest absolute Gasteiger partial charge is 0.253 e. The number of hydrogen-bond donors (Lipinski definition) is 0. The van der Waals surface area contributed by atoms with Crippen molar-refractivity contribution in [3.05, 3.63) is 59.7 Å². The van der Waals surface area contributed by atoms with Gasteiger partial charge in [-0.3, -0.25) is 9.69 Å². The van der Waals surface area contributed by atoms with Gasteiger partial charge in [0.25, 0.3) is 5.91 Å². The van der Waals surface area contributed by atoms with E-state index in [4.69, 9.17) is 9.47 Å². The van der Waals surface area contributed by atoms with Gasteiger partial charge in [-0.25, -0.2) is 0 Å². The Kier molecular flexibility index (Phi) is 5.76. The maximum absolute atomic E-state index is 13.2. The van der Waals surface area contributed by atoms with Crippen LogP contribution in [0.25, 0.3) is 0 Å². The number of hydrogen-bond acceptors (Lipinski definition) is 4. The van der Waals surface area contributed by atoms with Gasteiger partial charge in [0.1, 0.15) is 0 Å². The van der Waals surface area contributed by atoms with Crippen LogP contribution in [0.3, 0.4) is 0 Å². The predicted octanol–water partition coefficient (Wildman–Crippen LogP) is 3.93. The molecule has 2 fully saturated rings. The molecule has 0 aromatic heterocycles. The fourth-order valence-corrected chi connectivity index (χ4v) is 4.91. The minimum Gasteiger partial charge on any atom is -0.493 e. The van der Waals surface area contributed by atoms with Crippen LogP contribution in [0.2, 0.25) is 0 Å². The number of benzene rings is 2. The molecular formula is C24H30N2O3.